The van der Waals surface area contributed by atoms with Crippen LogP contribution in [-0.4, -0.2) is 19.6 Å². The Kier molecular flexibility index (Phi) is 8.90. The molecule has 2 rings (SSSR count). The third kappa shape index (κ3) is 7.77. The molecule has 1 atom stereocenters. The first-order chi connectivity index (χ1) is 15.1. The van der Waals surface area contributed by atoms with Crippen LogP contribution < -0.4 is 15.8 Å². The number of ether oxygens (including phenoxy) is 2. The van der Waals surface area contributed by atoms with Gasteiger partial charge in [-0.3, -0.25) is 4.79 Å². The largest absolute Gasteiger partial charge is 0.457 e. The number of nitrogens with two attached hydrogens (primary N) is 1. The zero-order valence-electron chi connectivity index (χ0n) is 18.2. The van der Waals surface area contributed by atoms with Crippen molar-refractivity contribution in [2.75, 3.05) is 13.7 Å². The van der Waals surface area contributed by atoms with E-state index in [2.05, 4.69) is 5.32 Å². The quantitative estimate of drug-likeness (QED) is 0.409. The SMILES string of the molecule is COCC(C)/C=C\C(C(=O)NCc1cccc(Oc2ccc(C(F)(F)F)cc2)c1)=C(/C)N. The third-order valence-corrected chi connectivity index (χ3v) is 4.46. The number of amides is 1. The minimum atomic E-state index is -4.40. The van der Waals surface area contributed by atoms with E-state index in [1.165, 1.54) is 12.1 Å². The van der Waals surface area contributed by atoms with Crippen LogP contribution in [0.5, 0.6) is 11.5 Å². The number of carbonyl (C=O) groups excluding carboxylic acids is 1. The van der Waals surface area contributed by atoms with Crippen molar-refractivity contribution in [2.45, 2.75) is 26.6 Å². The molecule has 0 saturated heterocycles. The van der Waals surface area contributed by atoms with Gasteiger partial charge in [0.1, 0.15) is 11.5 Å². The van der Waals surface area contributed by atoms with Crippen LogP contribution in [0.25, 0.3) is 0 Å². The highest BCUT2D eigenvalue weighted by molar-refractivity contribution is 5.96. The zero-order chi connectivity index (χ0) is 23.7. The van der Waals surface area contributed by atoms with Crippen LogP contribution in [0.4, 0.5) is 13.2 Å². The number of hydrogen-bond donors (Lipinski definition) is 2. The van der Waals surface area contributed by atoms with Crippen LogP contribution in [0.15, 0.2) is 72.0 Å². The third-order valence-electron chi connectivity index (χ3n) is 4.46. The van der Waals surface area contributed by atoms with E-state index >= 15 is 0 Å². The molecule has 3 N–H and O–H groups in total. The molecule has 0 aliphatic rings. The topological polar surface area (TPSA) is 73.6 Å². The maximum atomic E-state index is 12.7. The summed E-state index contributed by atoms with van der Waals surface area (Å²) in [6.07, 6.45) is -0.866. The highest BCUT2D eigenvalue weighted by Crippen LogP contribution is 2.31. The number of methoxy groups -OCH3 is 1. The Balaban J connectivity index is 2.01. The first-order valence-corrected chi connectivity index (χ1v) is 9.96. The van der Waals surface area contributed by atoms with Gasteiger partial charge in [0.2, 0.25) is 0 Å². The Morgan fingerprint density at radius 3 is 2.44 bits per heavy atom. The number of benzene rings is 2. The van der Waals surface area contributed by atoms with Gasteiger partial charge in [-0.15, -0.1) is 0 Å². The molecule has 2 aromatic rings. The summed E-state index contributed by atoms with van der Waals surface area (Å²) in [6.45, 7) is 4.37. The van der Waals surface area contributed by atoms with Gasteiger partial charge in [-0.2, -0.15) is 13.2 Å². The van der Waals surface area contributed by atoms with Gasteiger partial charge in [0, 0.05) is 19.4 Å². The number of rotatable bonds is 9. The summed E-state index contributed by atoms with van der Waals surface area (Å²) in [5.74, 6) is 0.523. The zero-order valence-corrected chi connectivity index (χ0v) is 18.2. The molecule has 0 aromatic heterocycles. The fourth-order valence-electron chi connectivity index (χ4n) is 2.81. The fourth-order valence-corrected chi connectivity index (χ4v) is 2.81. The summed E-state index contributed by atoms with van der Waals surface area (Å²) < 4.78 is 48.8. The molecule has 1 amide bonds. The smallest absolute Gasteiger partial charge is 0.416 e. The van der Waals surface area contributed by atoms with E-state index in [1.807, 2.05) is 13.0 Å². The molecule has 32 heavy (non-hydrogen) atoms. The Morgan fingerprint density at radius 1 is 1.16 bits per heavy atom. The predicted molar refractivity (Wildman–Crippen MR) is 117 cm³/mol. The number of hydrogen-bond acceptors (Lipinski definition) is 4. The van der Waals surface area contributed by atoms with Crippen LogP contribution in [-0.2, 0) is 22.3 Å². The molecular weight excluding hydrogens is 421 g/mol. The van der Waals surface area contributed by atoms with E-state index in [1.54, 1.807) is 44.4 Å². The molecule has 1 unspecified atom stereocenters. The second-order valence-electron chi connectivity index (χ2n) is 7.34. The number of nitrogens with one attached hydrogen (secondary N) is 1. The first kappa shape index (κ1) is 25.0. The van der Waals surface area contributed by atoms with Gasteiger partial charge in [0.05, 0.1) is 17.7 Å². The summed E-state index contributed by atoms with van der Waals surface area (Å²) in [5.41, 5.74) is 6.63. The van der Waals surface area contributed by atoms with E-state index in [-0.39, 0.29) is 24.1 Å². The van der Waals surface area contributed by atoms with Gasteiger partial charge < -0.3 is 20.5 Å². The van der Waals surface area contributed by atoms with Gasteiger partial charge in [-0.25, -0.2) is 0 Å². The molecule has 0 heterocycles. The van der Waals surface area contributed by atoms with Crippen LogP contribution >= 0.6 is 0 Å². The lowest BCUT2D eigenvalue weighted by Crippen LogP contribution is -2.25. The van der Waals surface area contributed by atoms with E-state index < -0.39 is 11.7 Å². The molecule has 0 bridgehead atoms. The summed E-state index contributed by atoms with van der Waals surface area (Å²) in [5, 5.41) is 2.81. The first-order valence-electron chi connectivity index (χ1n) is 9.96. The highest BCUT2D eigenvalue weighted by atomic mass is 19.4. The lowest BCUT2D eigenvalue weighted by atomic mass is 10.1. The van der Waals surface area contributed by atoms with Crippen LogP contribution in [0.2, 0.25) is 0 Å². The average molecular weight is 448 g/mol. The summed E-state index contributed by atoms with van der Waals surface area (Å²) >= 11 is 0. The summed E-state index contributed by atoms with van der Waals surface area (Å²) in [7, 11) is 1.61. The van der Waals surface area contributed by atoms with Crippen molar-refractivity contribution in [3.63, 3.8) is 0 Å². The number of alkyl halides is 3. The van der Waals surface area contributed by atoms with Crippen molar-refractivity contribution >= 4 is 5.91 Å². The van der Waals surface area contributed by atoms with Crippen molar-refractivity contribution in [3.8, 4) is 11.5 Å². The van der Waals surface area contributed by atoms with Gasteiger partial charge in [0.25, 0.3) is 5.91 Å². The number of halogens is 3. The van der Waals surface area contributed by atoms with Crippen molar-refractivity contribution in [2.24, 2.45) is 11.7 Å². The number of allylic oxidation sites excluding steroid dienone is 1. The molecule has 0 spiro atoms. The standard InChI is InChI=1S/C24H27F3N2O3/c1-16(15-31-3)7-12-22(17(2)28)23(30)29-14-18-5-4-6-21(13-18)32-20-10-8-19(9-11-20)24(25,26)27/h4-13,16H,14-15,28H2,1-3H3,(H,29,30)/b12-7-,22-17-. The van der Waals surface area contributed by atoms with Gasteiger partial charge in [0.15, 0.2) is 0 Å². The Hall–Kier alpha value is -3.26. The normalized spacial score (nSPS) is 13.6. The van der Waals surface area contributed by atoms with E-state index in [9.17, 15) is 18.0 Å². The second kappa shape index (κ2) is 11.4. The molecule has 0 saturated carbocycles. The molecule has 0 radical (unpaired) electrons. The average Bonchev–Trinajstić information content (AvgIpc) is 2.72. The molecule has 0 aliphatic heterocycles. The molecule has 0 aliphatic carbocycles. The van der Waals surface area contributed by atoms with Crippen LogP contribution in [0.1, 0.15) is 25.0 Å². The van der Waals surface area contributed by atoms with E-state index in [0.29, 0.717) is 23.6 Å². The summed E-state index contributed by atoms with van der Waals surface area (Å²) in [6, 6.07) is 11.4. The number of carbonyl (C=O) groups is 1. The second-order valence-corrected chi connectivity index (χ2v) is 7.34. The molecular formula is C24H27F3N2O3. The molecule has 8 heteroatoms. The van der Waals surface area contributed by atoms with E-state index in [0.717, 1.165) is 17.7 Å². The van der Waals surface area contributed by atoms with E-state index in [4.69, 9.17) is 15.2 Å². The van der Waals surface area contributed by atoms with Crippen molar-refractivity contribution in [1.82, 2.24) is 5.32 Å². The van der Waals surface area contributed by atoms with Crippen molar-refractivity contribution in [1.29, 1.82) is 0 Å². The summed E-state index contributed by atoms with van der Waals surface area (Å²) in [4.78, 5) is 12.6. The predicted octanol–water partition coefficient (Wildman–Crippen LogP) is 5.19. The Labute approximate surface area is 185 Å². The highest BCUT2D eigenvalue weighted by Gasteiger charge is 2.30. The lowest BCUT2D eigenvalue weighted by molar-refractivity contribution is -0.137. The van der Waals surface area contributed by atoms with Crippen molar-refractivity contribution < 1.29 is 27.4 Å². The van der Waals surface area contributed by atoms with Crippen LogP contribution in [0, 0.1) is 5.92 Å². The maximum absolute atomic E-state index is 12.7. The van der Waals surface area contributed by atoms with Gasteiger partial charge in [-0.05, 0) is 54.8 Å². The minimum absolute atomic E-state index is 0.126. The minimum Gasteiger partial charge on any atom is -0.457 e. The van der Waals surface area contributed by atoms with Gasteiger partial charge >= 0.3 is 6.18 Å². The van der Waals surface area contributed by atoms with Gasteiger partial charge in [-0.1, -0.05) is 31.2 Å². The molecule has 2 aromatic carbocycles. The maximum Gasteiger partial charge on any atom is 0.416 e. The molecule has 0 fully saturated rings. The molecule has 5 nitrogen and oxygen atoms in total. The Bertz CT molecular complexity index is 963. The fraction of sp³-hybridized carbons (Fsp3) is 0.292. The van der Waals surface area contributed by atoms with Crippen molar-refractivity contribution in [3.05, 3.63) is 83.1 Å². The monoisotopic (exact) mass is 448 g/mol. The molecule has 172 valence electrons. The Morgan fingerprint density at radius 2 is 1.84 bits per heavy atom. The van der Waals surface area contributed by atoms with Crippen LogP contribution in [0.3, 0.4) is 0 Å². The lowest BCUT2D eigenvalue weighted by Gasteiger charge is -2.11.